The predicted octanol–water partition coefficient (Wildman–Crippen LogP) is 3.33. The first-order valence-corrected chi connectivity index (χ1v) is 5.62. The van der Waals surface area contributed by atoms with E-state index in [1.807, 2.05) is 18.2 Å². The normalized spacial score (nSPS) is 10.7. The fourth-order valence-corrected chi connectivity index (χ4v) is 2.07. The van der Waals surface area contributed by atoms with Crippen LogP contribution in [0, 0.1) is 5.82 Å². The summed E-state index contributed by atoms with van der Waals surface area (Å²) in [7, 11) is 0. The van der Waals surface area contributed by atoms with E-state index in [1.54, 1.807) is 18.2 Å². The average molecular weight is 239 g/mol. The zero-order chi connectivity index (χ0) is 12.5. The molecule has 3 aromatic rings. The minimum Gasteiger partial charge on any atom is -0.322 e. The number of pyridine rings is 1. The Morgan fingerprint density at radius 2 is 1.67 bits per heavy atom. The molecule has 0 radical (unpaired) electrons. The van der Waals surface area contributed by atoms with Gasteiger partial charge < -0.3 is 4.98 Å². The zero-order valence-electron chi connectivity index (χ0n) is 9.48. The molecule has 0 saturated carbocycles. The first kappa shape index (κ1) is 10.7. The van der Waals surface area contributed by atoms with Gasteiger partial charge in [-0.2, -0.15) is 0 Å². The van der Waals surface area contributed by atoms with E-state index in [0.29, 0.717) is 0 Å². The van der Waals surface area contributed by atoms with Crippen molar-refractivity contribution in [1.82, 2.24) is 4.98 Å². The van der Waals surface area contributed by atoms with Gasteiger partial charge in [-0.3, -0.25) is 4.79 Å². The molecule has 0 aliphatic carbocycles. The van der Waals surface area contributed by atoms with Crippen molar-refractivity contribution in [2.24, 2.45) is 0 Å². The summed E-state index contributed by atoms with van der Waals surface area (Å²) in [4.78, 5) is 14.1. The van der Waals surface area contributed by atoms with Crippen LogP contribution in [-0.4, -0.2) is 4.98 Å². The number of aromatic amines is 1. The summed E-state index contributed by atoms with van der Waals surface area (Å²) in [5.74, 6) is -0.257. The van der Waals surface area contributed by atoms with E-state index in [9.17, 15) is 9.18 Å². The van der Waals surface area contributed by atoms with Gasteiger partial charge in [-0.1, -0.05) is 24.3 Å². The standard InChI is InChI=1S/C15H10FNO/c16-11-6-4-10(5-7-11)12-2-1-3-14-13(12)8-9-15(18)17-14/h1-9H,(H,17,18). The van der Waals surface area contributed by atoms with Crippen molar-refractivity contribution < 1.29 is 4.39 Å². The lowest BCUT2D eigenvalue weighted by Gasteiger charge is -2.06. The Kier molecular flexibility index (Phi) is 2.45. The third-order valence-corrected chi connectivity index (χ3v) is 2.92. The van der Waals surface area contributed by atoms with Gasteiger partial charge in [-0.15, -0.1) is 0 Å². The first-order valence-electron chi connectivity index (χ1n) is 5.62. The number of fused-ring (bicyclic) bond motifs is 1. The van der Waals surface area contributed by atoms with Crippen LogP contribution in [0.3, 0.4) is 0 Å². The fourth-order valence-electron chi connectivity index (χ4n) is 2.07. The number of nitrogens with one attached hydrogen (secondary N) is 1. The Balaban J connectivity index is 2.29. The quantitative estimate of drug-likeness (QED) is 0.694. The topological polar surface area (TPSA) is 32.9 Å². The van der Waals surface area contributed by atoms with Crippen LogP contribution in [0.5, 0.6) is 0 Å². The molecule has 0 amide bonds. The Labute approximate surface area is 103 Å². The molecule has 1 heterocycles. The third kappa shape index (κ3) is 1.80. The Morgan fingerprint density at radius 3 is 2.44 bits per heavy atom. The lowest BCUT2D eigenvalue weighted by atomic mass is 10.0. The number of benzene rings is 2. The molecule has 0 atom stereocenters. The maximum atomic E-state index is 12.9. The number of hydrogen-bond donors (Lipinski definition) is 1. The maximum Gasteiger partial charge on any atom is 0.248 e. The predicted molar refractivity (Wildman–Crippen MR) is 70.0 cm³/mol. The summed E-state index contributed by atoms with van der Waals surface area (Å²) >= 11 is 0. The van der Waals surface area contributed by atoms with E-state index in [-0.39, 0.29) is 11.4 Å². The largest absolute Gasteiger partial charge is 0.322 e. The van der Waals surface area contributed by atoms with E-state index in [1.165, 1.54) is 18.2 Å². The molecule has 2 aromatic carbocycles. The van der Waals surface area contributed by atoms with Crippen molar-refractivity contribution >= 4 is 10.9 Å². The van der Waals surface area contributed by atoms with Crippen molar-refractivity contribution in [2.75, 3.05) is 0 Å². The van der Waals surface area contributed by atoms with Crippen LogP contribution < -0.4 is 5.56 Å². The van der Waals surface area contributed by atoms with Crippen molar-refractivity contribution in [2.45, 2.75) is 0 Å². The van der Waals surface area contributed by atoms with Gasteiger partial charge >= 0.3 is 0 Å². The van der Waals surface area contributed by atoms with Gasteiger partial charge in [-0.05, 0) is 35.4 Å². The molecule has 2 nitrogen and oxygen atoms in total. The Bertz CT molecular complexity index is 759. The molecule has 0 aliphatic rings. The number of halogens is 1. The van der Waals surface area contributed by atoms with Gasteiger partial charge in [0.05, 0.1) is 0 Å². The molecule has 0 spiro atoms. The van der Waals surface area contributed by atoms with Gasteiger partial charge in [0.1, 0.15) is 5.82 Å². The second-order valence-corrected chi connectivity index (χ2v) is 4.10. The van der Waals surface area contributed by atoms with E-state index < -0.39 is 0 Å². The zero-order valence-corrected chi connectivity index (χ0v) is 9.48. The molecule has 0 bridgehead atoms. The molecule has 0 saturated heterocycles. The lowest BCUT2D eigenvalue weighted by molar-refractivity contribution is 0.628. The molecule has 18 heavy (non-hydrogen) atoms. The van der Waals surface area contributed by atoms with Crippen molar-refractivity contribution in [3.05, 3.63) is 70.8 Å². The molecular formula is C15H10FNO. The van der Waals surface area contributed by atoms with E-state index in [4.69, 9.17) is 0 Å². The highest BCUT2D eigenvalue weighted by molar-refractivity contribution is 5.94. The fraction of sp³-hybridized carbons (Fsp3) is 0. The summed E-state index contributed by atoms with van der Waals surface area (Å²) < 4.78 is 12.9. The Morgan fingerprint density at radius 1 is 0.889 bits per heavy atom. The minimum absolute atomic E-state index is 0.126. The first-order chi connectivity index (χ1) is 8.74. The van der Waals surface area contributed by atoms with Crippen molar-refractivity contribution in [1.29, 1.82) is 0 Å². The van der Waals surface area contributed by atoms with Crippen LogP contribution in [0.2, 0.25) is 0 Å². The molecule has 1 aromatic heterocycles. The van der Waals surface area contributed by atoms with Crippen LogP contribution in [0.25, 0.3) is 22.0 Å². The minimum atomic E-state index is -0.257. The molecule has 0 fully saturated rings. The van der Waals surface area contributed by atoms with Gasteiger partial charge in [-0.25, -0.2) is 4.39 Å². The van der Waals surface area contributed by atoms with Gasteiger partial charge in [0.15, 0.2) is 0 Å². The summed E-state index contributed by atoms with van der Waals surface area (Å²) in [5, 5.41) is 0.948. The summed E-state index contributed by atoms with van der Waals surface area (Å²) in [6.07, 6.45) is 0. The number of aromatic nitrogens is 1. The smallest absolute Gasteiger partial charge is 0.248 e. The van der Waals surface area contributed by atoms with Crippen molar-refractivity contribution in [3.63, 3.8) is 0 Å². The van der Waals surface area contributed by atoms with Crippen molar-refractivity contribution in [3.8, 4) is 11.1 Å². The van der Waals surface area contributed by atoms with Crippen LogP contribution >= 0.6 is 0 Å². The molecule has 3 heteroatoms. The highest BCUT2D eigenvalue weighted by Gasteiger charge is 2.04. The van der Waals surface area contributed by atoms with E-state index >= 15 is 0 Å². The van der Waals surface area contributed by atoms with Gasteiger partial charge in [0, 0.05) is 17.0 Å². The molecule has 0 aliphatic heterocycles. The van der Waals surface area contributed by atoms with Crippen LogP contribution in [0.1, 0.15) is 0 Å². The monoisotopic (exact) mass is 239 g/mol. The van der Waals surface area contributed by atoms with Crippen LogP contribution in [-0.2, 0) is 0 Å². The highest BCUT2D eigenvalue weighted by Crippen LogP contribution is 2.26. The van der Waals surface area contributed by atoms with Gasteiger partial charge in [0.2, 0.25) is 5.56 Å². The second kappa shape index (κ2) is 4.11. The molecule has 1 N–H and O–H groups in total. The Hall–Kier alpha value is -2.42. The van der Waals surface area contributed by atoms with Gasteiger partial charge in [0.25, 0.3) is 0 Å². The number of H-pyrrole nitrogens is 1. The summed E-state index contributed by atoms with van der Waals surface area (Å²) in [6, 6.07) is 15.3. The molecule has 3 rings (SSSR count). The van der Waals surface area contributed by atoms with Crippen LogP contribution in [0.15, 0.2) is 59.4 Å². The van der Waals surface area contributed by atoms with E-state index in [0.717, 1.165) is 22.0 Å². The number of hydrogen-bond acceptors (Lipinski definition) is 1. The SMILES string of the molecule is O=c1ccc2c(-c3ccc(F)cc3)cccc2[nH]1. The molecule has 0 unspecified atom stereocenters. The second-order valence-electron chi connectivity index (χ2n) is 4.10. The third-order valence-electron chi connectivity index (χ3n) is 2.92. The summed E-state index contributed by atoms with van der Waals surface area (Å²) in [6.45, 7) is 0. The highest BCUT2D eigenvalue weighted by atomic mass is 19.1. The summed E-state index contributed by atoms with van der Waals surface area (Å²) in [5.41, 5.74) is 2.56. The van der Waals surface area contributed by atoms with E-state index in [2.05, 4.69) is 4.98 Å². The molecule has 88 valence electrons. The maximum absolute atomic E-state index is 12.9. The average Bonchev–Trinajstić information content (AvgIpc) is 2.38. The lowest BCUT2D eigenvalue weighted by Crippen LogP contribution is -2.02. The van der Waals surface area contributed by atoms with Crippen LogP contribution in [0.4, 0.5) is 4.39 Å². The molecular weight excluding hydrogens is 229 g/mol. The number of rotatable bonds is 1.